The molecule has 2 nitrogen and oxygen atoms in total. The van der Waals surface area contributed by atoms with Gasteiger partial charge in [0.25, 0.3) is 0 Å². The zero-order valence-corrected chi connectivity index (χ0v) is 12.5. The van der Waals surface area contributed by atoms with E-state index in [4.69, 9.17) is 0 Å². The topological polar surface area (TPSA) is 23.5 Å². The standard InChI is InChI=1S/C17H27NO/c1-17(2,3)16-10-9-15(11-12-19)18(16)13-14-7-5-4-6-8-14/h4-8,15-16,19H,9-13H2,1-3H3/t15-,16+/m1/s1. The van der Waals surface area contributed by atoms with E-state index in [1.165, 1.54) is 18.4 Å². The summed E-state index contributed by atoms with van der Waals surface area (Å²) in [6.07, 6.45) is 3.37. The summed E-state index contributed by atoms with van der Waals surface area (Å²) < 4.78 is 0. The van der Waals surface area contributed by atoms with Gasteiger partial charge in [-0.05, 0) is 30.2 Å². The maximum atomic E-state index is 9.27. The monoisotopic (exact) mass is 261 g/mol. The molecule has 1 N–H and O–H groups in total. The summed E-state index contributed by atoms with van der Waals surface area (Å²) in [4.78, 5) is 2.62. The molecule has 0 unspecified atom stereocenters. The fourth-order valence-electron chi connectivity index (χ4n) is 3.36. The molecular weight excluding hydrogens is 234 g/mol. The molecule has 1 aliphatic rings. The molecular formula is C17H27NO. The molecule has 2 rings (SSSR count). The average Bonchev–Trinajstić information content (AvgIpc) is 2.74. The minimum Gasteiger partial charge on any atom is -0.396 e. The van der Waals surface area contributed by atoms with Crippen molar-refractivity contribution in [2.24, 2.45) is 5.41 Å². The van der Waals surface area contributed by atoms with E-state index in [1.54, 1.807) is 0 Å². The lowest BCUT2D eigenvalue weighted by molar-refractivity contribution is 0.0880. The third kappa shape index (κ3) is 3.58. The predicted molar refractivity (Wildman–Crippen MR) is 80.0 cm³/mol. The molecule has 1 heterocycles. The molecule has 19 heavy (non-hydrogen) atoms. The zero-order chi connectivity index (χ0) is 13.9. The number of benzene rings is 1. The summed E-state index contributed by atoms with van der Waals surface area (Å²) in [6, 6.07) is 11.8. The number of likely N-dealkylation sites (tertiary alicyclic amines) is 1. The number of hydrogen-bond donors (Lipinski definition) is 1. The third-order valence-electron chi connectivity index (χ3n) is 4.31. The van der Waals surface area contributed by atoms with Gasteiger partial charge in [-0.25, -0.2) is 0 Å². The summed E-state index contributed by atoms with van der Waals surface area (Å²) in [5.74, 6) is 0. The van der Waals surface area contributed by atoms with E-state index in [0.717, 1.165) is 13.0 Å². The Kier molecular flexibility index (Phi) is 4.64. The molecule has 0 amide bonds. The van der Waals surface area contributed by atoms with E-state index in [2.05, 4.69) is 56.0 Å². The lowest BCUT2D eigenvalue weighted by Gasteiger charge is -2.38. The van der Waals surface area contributed by atoms with Gasteiger partial charge < -0.3 is 5.11 Å². The van der Waals surface area contributed by atoms with Gasteiger partial charge in [-0.2, -0.15) is 0 Å². The van der Waals surface area contributed by atoms with E-state index in [1.807, 2.05) is 0 Å². The number of nitrogens with zero attached hydrogens (tertiary/aromatic N) is 1. The second-order valence-electron chi connectivity index (χ2n) is 6.78. The largest absolute Gasteiger partial charge is 0.396 e. The van der Waals surface area contributed by atoms with Gasteiger partial charge in [-0.3, -0.25) is 4.90 Å². The van der Waals surface area contributed by atoms with Crippen LogP contribution in [0.5, 0.6) is 0 Å². The van der Waals surface area contributed by atoms with E-state index in [0.29, 0.717) is 24.1 Å². The highest BCUT2D eigenvalue weighted by molar-refractivity contribution is 5.15. The van der Waals surface area contributed by atoms with Gasteiger partial charge >= 0.3 is 0 Å². The first-order valence-electron chi connectivity index (χ1n) is 7.43. The Balaban J connectivity index is 2.14. The maximum Gasteiger partial charge on any atom is 0.0445 e. The van der Waals surface area contributed by atoms with Gasteiger partial charge in [0.1, 0.15) is 0 Å². The molecule has 1 aromatic rings. The summed E-state index contributed by atoms with van der Waals surface area (Å²) in [6.45, 7) is 8.30. The molecule has 2 atom stereocenters. The third-order valence-corrected chi connectivity index (χ3v) is 4.31. The Morgan fingerprint density at radius 2 is 1.84 bits per heavy atom. The normalized spacial score (nSPS) is 24.8. The molecule has 1 aromatic carbocycles. The summed E-state index contributed by atoms with van der Waals surface area (Å²) in [5, 5.41) is 9.27. The van der Waals surface area contributed by atoms with Crippen molar-refractivity contribution in [3.8, 4) is 0 Å². The molecule has 1 saturated heterocycles. The quantitative estimate of drug-likeness (QED) is 0.897. The van der Waals surface area contributed by atoms with Crippen LogP contribution < -0.4 is 0 Å². The lowest BCUT2D eigenvalue weighted by Crippen LogP contribution is -2.43. The minimum atomic E-state index is 0.298. The van der Waals surface area contributed by atoms with Gasteiger partial charge in [0, 0.05) is 25.2 Å². The predicted octanol–water partition coefficient (Wildman–Crippen LogP) is 3.45. The number of aliphatic hydroxyl groups is 1. The van der Waals surface area contributed by atoms with Crippen LogP contribution in [-0.4, -0.2) is 28.7 Å². The summed E-state index contributed by atoms with van der Waals surface area (Å²) in [5.41, 5.74) is 1.68. The van der Waals surface area contributed by atoms with Gasteiger partial charge in [-0.15, -0.1) is 0 Å². The van der Waals surface area contributed by atoms with Crippen LogP contribution in [0.1, 0.15) is 45.6 Å². The number of rotatable bonds is 4. The van der Waals surface area contributed by atoms with Crippen LogP contribution in [0.15, 0.2) is 30.3 Å². The smallest absolute Gasteiger partial charge is 0.0445 e. The van der Waals surface area contributed by atoms with Gasteiger partial charge in [0.15, 0.2) is 0 Å². The average molecular weight is 261 g/mol. The van der Waals surface area contributed by atoms with Crippen molar-refractivity contribution >= 4 is 0 Å². The van der Waals surface area contributed by atoms with Crippen molar-refractivity contribution in [2.45, 2.75) is 58.7 Å². The van der Waals surface area contributed by atoms with E-state index >= 15 is 0 Å². The van der Waals surface area contributed by atoms with Crippen LogP contribution >= 0.6 is 0 Å². The molecule has 2 heteroatoms. The van der Waals surface area contributed by atoms with Crippen molar-refractivity contribution in [2.75, 3.05) is 6.61 Å². The first kappa shape index (κ1) is 14.5. The Bertz CT molecular complexity index is 382. The first-order valence-corrected chi connectivity index (χ1v) is 7.43. The molecule has 0 aliphatic carbocycles. The van der Waals surface area contributed by atoms with Crippen molar-refractivity contribution in [1.82, 2.24) is 4.90 Å². The molecule has 1 fully saturated rings. The lowest BCUT2D eigenvalue weighted by atomic mass is 9.85. The number of aliphatic hydroxyl groups excluding tert-OH is 1. The van der Waals surface area contributed by atoms with Gasteiger partial charge in [0.2, 0.25) is 0 Å². The molecule has 1 aliphatic heterocycles. The minimum absolute atomic E-state index is 0.298. The van der Waals surface area contributed by atoms with Crippen molar-refractivity contribution < 1.29 is 5.11 Å². The van der Waals surface area contributed by atoms with Crippen LogP contribution in [0.25, 0.3) is 0 Å². The molecule has 0 saturated carbocycles. The zero-order valence-electron chi connectivity index (χ0n) is 12.5. The fraction of sp³-hybridized carbons (Fsp3) is 0.647. The van der Waals surface area contributed by atoms with E-state index in [9.17, 15) is 5.11 Å². The Morgan fingerprint density at radius 1 is 1.16 bits per heavy atom. The molecule has 0 radical (unpaired) electrons. The highest BCUT2D eigenvalue weighted by Gasteiger charge is 2.39. The second kappa shape index (κ2) is 6.06. The van der Waals surface area contributed by atoms with Crippen LogP contribution in [0.2, 0.25) is 0 Å². The fourth-order valence-corrected chi connectivity index (χ4v) is 3.36. The van der Waals surface area contributed by atoms with Gasteiger partial charge in [0.05, 0.1) is 0 Å². The van der Waals surface area contributed by atoms with Crippen LogP contribution in [0.4, 0.5) is 0 Å². The number of hydrogen-bond acceptors (Lipinski definition) is 2. The van der Waals surface area contributed by atoms with Crippen molar-refractivity contribution in [1.29, 1.82) is 0 Å². The molecule has 0 bridgehead atoms. The van der Waals surface area contributed by atoms with Crippen molar-refractivity contribution in [3.63, 3.8) is 0 Å². The van der Waals surface area contributed by atoms with Crippen molar-refractivity contribution in [3.05, 3.63) is 35.9 Å². The van der Waals surface area contributed by atoms with Crippen LogP contribution in [0.3, 0.4) is 0 Å². The SMILES string of the molecule is CC(C)(C)[C@@H]1CC[C@H](CCO)N1Cc1ccccc1. The van der Waals surface area contributed by atoms with Gasteiger partial charge in [-0.1, -0.05) is 51.1 Å². The highest BCUT2D eigenvalue weighted by atomic mass is 16.3. The second-order valence-corrected chi connectivity index (χ2v) is 6.78. The van der Waals surface area contributed by atoms with Crippen LogP contribution in [0, 0.1) is 5.41 Å². The Labute approximate surface area is 117 Å². The van der Waals surface area contributed by atoms with Crippen LogP contribution in [-0.2, 0) is 6.54 Å². The summed E-state index contributed by atoms with van der Waals surface area (Å²) >= 11 is 0. The van der Waals surface area contributed by atoms with E-state index in [-0.39, 0.29) is 0 Å². The molecule has 0 aromatic heterocycles. The Morgan fingerprint density at radius 3 is 2.42 bits per heavy atom. The highest BCUT2D eigenvalue weighted by Crippen LogP contribution is 2.38. The van der Waals surface area contributed by atoms with E-state index < -0.39 is 0 Å². The molecule has 106 valence electrons. The molecule has 0 spiro atoms. The first-order chi connectivity index (χ1) is 9.02. The maximum absolute atomic E-state index is 9.27. The Hall–Kier alpha value is -0.860. The summed E-state index contributed by atoms with van der Waals surface area (Å²) in [7, 11) is 0.